The summed E-state index contributed by atoms with van der Waals surface area (Å²) < 4.78 is 12.6. The Kier molecular flexibility index (Phi) is 5.21. The smallest absolute Gasteiger partial charge is 0.320 e. The van der Waals surface area contributed by atoms with Crippen molar-refractivity contribution in [3.63, 3.8) is 0 Å². The van der Waals surface area contributed by atoms with Gasteiger partial charge in [-0.15, -0.1) is 0 Å². The number of nitrogens with one attached hydrogen (secondary N) is 2. The number of aromatic nitrogens is 3. The molecule has 0 saturated carbocycles. The molecule has 0 spiro atoms. The van der Waals surface area contributed by atoms with Gasteiger partial charge in [-0.3, -0.25) is 5.32 Å². The molecule has 0 bridgehead atoms. The highest BCUT2D eigenvalue weighted by Crippen LogP contribution is 2.19. The molecule has 0 atom stereocenters. The second-order valence-corrected chi connectivity index (χ2v) is 5.24. The van der Waals surface area contributed by atoms with Crippen molar-refractivity contribution in [1.29, 1.82) is 0 Å². The third-order valence-corrected chi connectivity index (χ3v) is 3.25. The van der Waals surface area contributed by atoms with E-state index in [-0.39, 0.29) is 12.6 Å². The van der Waals surface area contributed by atoms with Crippen LogP contribution in [0, 0.1) is 0 Å². The normalized spacial score (nSPS) is 10.2. The maximum absolute atomic E-state index is 11.9. The molecule has 0 radical (unpaired) electrons. The number of carbonyl (C=O) groups is 1. The van der Waals surface area contributed by atoms with Gasteiger partial charge in [0.05, 0.1) is 14.2 Å². The van der Waals surface area contributed by atoms with Crippen LogP contribution in [0.3, 0.4) is 0 Å². The molecule has 2 aromatic heterocycles. The van der Waals surface area contributed by atoms with Gasteiger partial charge in [0.15, 0.2) is 5.82 Å². The number of ether oxygens (including phenoxy) is 2. The maximum Gasteiger partial charge on any atom is 0.320 e. The van der Waals surface area contributed by atoms with E-state index in [0.29, 0.717) is 17.6 Å². The SMILES string of the molecule is COc1ncc(Br)cc1CNC(=O)Nc1cc(OC)n(C)n1. The molecule has 9 heteroatoms. The number of nitrogens with zero attached hydrogens (tertiary/aromatic N) is 3. The number of anilines is 1. The zero-order valence-electron chi connectivity index (χ0n) is 12.4. The van der Waals surface area contributed by atoms with E-state index in [2.05, 4.69) is 36.6 Å². The summed E-state index contributed by atoms with van der Waals surface area (Å²) in [4.78, 5) is 16.0. The first-order chi connectivity index (χ1) is 10.5. The molecule has 118 valence electrons. The number of methoxy groups -OCH3 is 2. The van der Waals surface area contributed by atoms with Crippen molar-refractivity contribution in [2.45, 2.75) is 6.54 Å². The topological polar surface area (TPSA) is 90.3 Å². The lowest BCUT2D eigenvalue weighted by Crippen LogP contribution is -2.28. The number of halogens is 1. The van der Waals surface area contributed by atoms with Gasteiger partial charge in [-0.2, -0.15) is 5.10 Å². The van der Waals surface area contributed by atoms with E-state index in [1.807, 2.05) is 6.07 Å². The average Bonchev–Trinajstić information content (AvgIpc) is 2.85. The summed E-state index contributed by atoms with van der Waals surface area (Å²) in [5.41, 5.74) is 0.755. The van der Waals surface area contributed by atoms with E-state index < -0.39 is 0 Å². The quantitative estimate of drug-likeness (QED) is 0.839. The van der Waals surface area contributed by atoms with Gasteiger partial charge in [0, 0.05) is 35.9 Å². The molecule has 2 N–H and O–H groups in total. The monoisotopic (exact) mass is 369 g/mol. The summed E-state index contributed by atoms with van der Waals surface area (Å²) in [5, 5.41) is 9.44. The van der Waals surface area contributed by atoms with Gasteiger partial charge in [-0.05, 0) is 22.0 Å². The highest BCUT2D eigenvalue weighted by atomic mass is 79.9. The molecule has 0 aromatic carbocycles. The van der Waals surface area contributed by atoms with Crippen molar-refractivity contribution in [2.24, 2.45) is 7.05 Å². The first-order valence-corrected chi connectivity index (χ1v) is 7.14. The van der Waals surface area contributed by atoms with Crippen molar-refractivity contribution in [1.82, 2.24) is 20.1 Å². The van der Waals surface area contributed by atoms with Crippen molar-refractivity contribution in [3.8, 4) is 11.8 Å². The number of urea groups is 1. The predicted molar refractivity (Wildman–Crippen MR) is 84.1 cm³/mol. The van der Waals surface area contributed by atoms with Crippen molar-refractivity contribution < 1.29 is 14.3 Å². The highest BCUT2D eigenvalue weighted by molar-refractivity contribution is 9.10. The maximum atomic E-state index is 11.9. The first-order valence-electron chi connectivity index (χ1n) is 6.34. The van der Waals surface area contributed by atoms with E-state index in [4.69, 9.17) is 9.47 Å². The Bertz CT molecular complexity index is 674. The Morgan fingerprint density at radius 3 is 2.77 bits per heavy atom. The summed E-state index contributed by atoms with van der Waals surface area (Å²) in [7, 11) is 4.79. The Hall–Kier alpha value is -2.29. The van der Waals surface area contributed by atoms with E-state index >= 15 is 0 Å². The van der Waals surface area contributed by atoms with E-state index in [1.54, 1.807) is 19.3 Å². The van der Waals surface area contributed by atoms with Crippen LogP contribution in [0.2, 0.25) is 0 Å². The van der Waals surface area contributed by atoms with Crippen LogP contribution in [-0.4, -0.2) is 35.0 Å². The minimum absolute atomic E-state index is 0.269. The number of amides is 2. The van der Waals surface area contributed by atoms with E-state index in [9.17, 15) is 4.79 Å². The molecule has 0 aliphatic rings. The van der Waals surface area contributed by atoms with Gasteiger partial charge < -0.3 is 14.8 Å². The lowest BCUT2D eigenvalue weighted by Gasteiger charge is -2.09. The lowest BCUT2D eigenvalue weighted by molar-refractivity contribution is 0.251. The summed E-state index contributed by atoms with van der Waals surface area (Å²) >= 11 is 3.33. The molecule has 0 saturated heterocycles. The predicted octanol–water partition coefficient (Wildman–Crippen LogP) is 1.92. The molecule has 0 unspecified atom stereocenters. The van der Waals surface area contributed by atoms with Crippen LogP contribution in [0.25, 0.3) is 0 Å². The van der Waals surface area contributed by atoms with Crippen LogP contribution < -0.4 is 20.1 Å². The van der Waals surface area contributed by atoms with Gasteiger partial charge in [0.2, 0.25) is 11.8 Å². The zero-order chi connectivity index (χ0) is 16.1. The number of hydrogen-bond acceptors (Lipinski definition) is 5. The zero-order valence-corrected chi connectivity index (χ0v) is 14.0. The molecule has 0 aliphatic carbocycles. The summed E-state index contributed by atoms with van der Waals surface area (Å²) in [5.74, 6) is 1.41. The first kappa shape index (κ1) is 16.1. The van der Waals surface area contributed by atoms with Crippen LogP contribution >= 0.6 is 15.9 Å². The Morgan fingerprint density at radius 2 is 2.14 bits per heavy atom. The number of aryl methyl sites for hydroxylation is 1. The van der Waals surface area contributed by atoms with Crippen LogP contribution in [-0.2, 0) is 13.6 Å². The average molecular weight is 370 g/mol. The Labute approximate surface area is 135 Å². The molecule has 2 amide bonds. The Morgan fingerprint density at radius 1 is 1.36 bits per heavy atom. The van der Waals surface area contributed by atoms with Gasteiger partial charge in [0.1, 0.15) is 0 Å². The standard InChI is InChI=1S/C13H16BrN5O3/c1-19-11(21-2)5-10(18-19)17-13(20)16-6-8-4-9(14)7-15-12(8)22-3/h4-5,7H,6H2,1-3H3,(H2,16,17,18,20). The minimum atomic E-state index is -0.386. The van der Waals surface area contributed by atoms with Gasteiger partial charge in [0.25, 0.3) is 0 Å². The van der Waals surface area contributed by atoms with Crippen LogP contribution in [0.4, 0.5) is 10.6 Å². The minimum Gasteiger partial charge on any atom is -0.481 e. The second kappa shape index (κ2) is 7.12. The molecule has 0 aliphatic heterocycles. The third kappa shape index (κ3) is 3.88. The van der Waals surface area contributed by atoms with Crippen molar-refractivity contribution >= 4 is 27.8 Å². The summed E-state index contributed by atoms with van der Waals surface area (Å²) in [6.45, 7) is 0.269. The number of carbonyl (C=O) groups excluding carboxylic acids is 1. The molecular weight excluding hydrogens is 354 g/mol. The Balaban J connectivity index is 1.96. The third-order valence-electron chi connectivity index (χ3n) is 2.81. The molecular formula is C13H16BrN5O3. The fraction of sp³-hybridized carbons (Fsp3) is 0.308. The number of rotatable bonds is 5. The number of pyridine rings is 1. The fourth-order valence-electron chi connectivity index (χ4n) is 1.82. The van der Waals surface area contributed by atoms with Crippen molar-refractivity contribution in [3.05, 3.63) is 28.4 Å². The van der Waals surface area contributed by atoms with Gasteiger partial charge >= 0.3 is 6.03 Å². The van der Waals surface area contributed by atoms with Gasteiger partial charge in [-0.1, -0.05) is 0 Å². The summed E-state index contributed by atoms with van der Waals surface area (Å²) in [6.07, 6.45) is 1.63. The highest BCUT2D eigenvalue weighted by Gasteiger charge is 2.10. The fourth-order valence-corrected chi connectivity index (χ4v) is 2.20. The lowest BCUT2D eigenvalue weighted by atomic mass is 10.2. The second-order valence-electron chi connectivity index (χ2n) is 4.33. The molecule has 2 aromatic rings. The van der Waals surface area contributed by atoms with Crippen LogP contribution in [0.1, 0.15) is 5.56 Å². The van der Waals surface area contributed by atoms with Crippen LogP contribution in [0.5, 0.6) is 11.8 Å². The molecule has 22 heavy (non-hydrogen) atoms. The molecule has 2 rings (SSSR count). The summed E-state index contributed by atoms with van der Waals surface area (Å²) in [6, 6.07) is 3.07. The number of hydrogen-bond donors (Lipinski definition) is 2. The largest absolute Gasteiger partial charge is 0.481 e. The molecule has 8 nitrogen and oxygen atoms in total. The van der Waals surface area contributed by atoms with E-state index in [0.717, 1.165) is 10.0 Å². The van der Waals surface area contributed by atoms with Crippen molar-refractivity contribution in [2.75, 3.05) is 19.5 Å². The van der Waals surface area contributed by atoms with E-state index in [1.165, 1.54) is 18.9 Å². The van der Waals surface area contributed by atoms with Crippen LogP contribution in [0.15, 0.2) is 22.8 Å². The van der Waals surface area contributed by atoms with Gasteiger partial charge in [-0.25, -0.2) is 14.5 Å². The molecule has 0 fully saturated rings. The molecule has 2 heterocycles.